The third-order valence-electron chi connectivity index (χ3n) is 4.76. The van der Waals surface area contributed by atoms with Crippen LogP contribution in [-0.2, 0) is 18.3 Å². The minimum Gasteiger partial charge on any atom is -0.322 e. The van der Waals surface area contributed by atoms with Crippen molar-refractivity contribution < 1.29 is 8.78 Å². The molecule has 1 unspecified atom stereocenters. The van der Waals surface area contributed by atoms with Crippen LogP contribution in [-0.4, -0.2) is 4.98 Å². The van der Waals surface area contributed by atoms with Crippen LogP contribution in [0, 0.1) is 23.0 Å². The fraction of sp³-hybridized carbons (Fsp3) is 0.238. The summed E-state index contributed by atoms with van der Waals surface area (Å²) in [4.78, 5) is 14.9. The summed E-state index contributed by atoms with van der Waals surface area (Å²) < 4.78 is 27.5. The number of nitrogens with zero attached hydrogens (tertiary/aromatic N) is 1. The molecule has 1 atom stereocenters. The number of pyridine rings is 1. The number of rotatable bonds is 4. The highest BCUT2D eigenvalue weighted by Gasteiger charge is 2.29. The normalized spacial score (nSPS) is 13.3. The van der Waals surface area contributed by atoms with Crippen molar-refractivity contribution >= 4 is 10.9 Å². The zero-order valence-electron chi connectivity index (χ0n) is 14.6. The molecule has 0 saturated heterocycles. The molecule has 1 heterocycles. The minimum atomic E-state index is -1.07. The van der Waals surface area contributed by atoms with E-state index in [4.69, 9.17) is 0 Å². The lowest BCUT2D eigenvalue weighted by molar-refractivity contribution is 0.486. The van der Waals surface area contributed by atoms with E-state index in [2.05, 4.69) is 11.1 Å². The largest absolute Gasteiger partial charge is 0.322 e. The fourth-order valence-electron chi connectivity index (χ4n) is 3.12. The maximum atomic E-state index is 14.0. The Morgan fingerprint density at radius 3 is 2.62 bits per heavy atom. The van der Waals surface area contributed by atoms with Crippen molar-refractivity contribution in [3.63, 3.8) is 0 Å². The molecule has 26 heavy (non-hydrogen) atoms. The molecule has 1 aromatic heterocycles. The molecule has 132 valence electrons. The highest BCUT2D eigenvalue weighted by atomic mass is 19.2. The van der Waals surface area contributed by atoms with Gasteiger partial charge in [0, 0.05) is 11.1 Å². The van der Waals surface area contributed by atoms with E-state index in [1.54, 1.807) is 19.1 Å². The average Bonchev–Trinajstić information content (AvgIpc) is 2.64. The van der Waals surface area contributed by atoms with Crippen LogP contribution in [0.2, 0.25) is 0 Å². The maximum absolute atomic E-state index is 14.0. The smallest absolute Gasteiger partial charge is 0.251 e. The third-order valence-corrected chi connectivity index (χ3v) is 4.76. The summed E-state index contributed by atoms with van der Waals surface area (Å²) in [7, 11) is 0. The van der Waals surface area contributed by atoms with Crippen molar-refractivity contribution in [1.29, 1.82) is 5.26 Å². The minimum absolute atomic E-state index is 0.0237. The van der Waals surface area contributed by atoms with E-state index in [0.29, 0.717) is 23.1 Å². The first-order valence-electron chi connectivity index (χ1n) is 8.38. The lowest BCUT2D eigenvalue weighted by atomic mass is 9.78. The van der Waals surface area contributed by atoms with Gasteiger partial charge < -0.3 is 4.98 Å². The van der Waals surface area contributed by atoms with Crippen LogP contribution >= 0.6 is 0 Å². The first-order valence-corrected chi connectivity index (χ1v) is 8.38. The van der Waals surface area contributed by atoms with Crippen LogP contribution in [0.1, 0.15) is 30.5 Å². The first kappa shape index (κ1) is 17.8. The van der Waals surface area contributed by atoms with Gasteiger partial charge in [0.2, 0.25) is 0 Å². The first-order chi connectivity index (χ1) is 12.4. The molecule has 0 amide bonds. The molecule has 2 aromatic carbocycles. The van der Waals surface area contributed by atoms with Gasteiger partial charge in [-0.3, -0.25) is 4.79 Å². The number of hydrogen-bond donors (Lipinski definition) is 1. The highest BCUT2D eigenvalue weighted by molar-refractivity contribution is 5.80. The summed E-state index contributed by atoms with van der Waals surface area (Å²) >= 11 is 0. The van der Waals surface area contributed by atoms with Gasteiger partial charge >= 0.3 is 0 Å². The van der Waals surface area contributed by atoms with Crippen molar-refractivity contribution in [1.82, 2.24) is 4.98 Å². The molecule has 3 aromatic rings. The Morgan fingerprint density at radius 1 is 1.15 bits per heavy atom. The van der Waals surface area contributed by atoms with E-state index in [9.17, 15) is 18.8 Å². The molecule has 0 spiro atoms. The van der Waals surface area contributed by atoms with Gasteiger partial charge in [-0.15, -0.1) is 0 Å². The molecule has 5 heteroatoms. The van der Waals surface area contributed by atoms with Crippen molar-refractivity contribution in [2.75, 3.05) is 0 Å². The van der Waals surface area contributed by atoms with Gasteiger partial charge in [0.05, 0.1) is 11.5 Å². The van der Waals surface area contributed by atoms with Crippen LogP contribution in [0.15, 0.2) is 47.3 Å². The van der Waals surface area contributed by atoms with Crippen molar-refractivity contribution in [3.8, 4) is 6.07 Å². The van der Waals surface area contributed by atoms with E-state index in [1.807, 2.05) is 19.1 Å². The molecule has 3 nitrogen and oxygen atoms in total. The quantitative estimate of drug-likeness (QED) is 0.757. The lowest BCUT2D eigenvalue weighted by Gasteiger charge is -2.23. The highest BCUT2D eigenvalue weighted by Crippen LogP contribution is 2.31. The van der Waals surface area contributed by atoms with E-state index >= 15 is 0 Å². The summed E-state index contributed by atoms with van der Waals surface area (Å²) in [5.74, 6) is -1.87. The van der Waals surface area contributed by atoms with Crippen molar-refractivity contribution in [2.45, 2.75) is 32.1 Å². The second kappa shape index (κ2) is 6.72. The molecule has 0 aliphatic carbocycles. The predicted molar refractivity (Wildman–Crippen MR) is 97.0 cm³/mol. The predicted octanol–water partition coefficient (Wildman–Crippen LogP) is 4.39. The molecule has 0 aliphatic heterocycles. The van der Waals surface area contributed by atoms with Gasteiger partial charge in [-0.2, -0.15) is 5.26 Å². The van der Waals surface area contributed by atoms with Crippen LogP contribution < -0.4 is 5.56 Å². The topological polar surface area (TPSA) is 56.6 Å². The summed E-state index contributed by atoms with van der Waals surface area (Å²) in [6, 6.07) is 13.3. The molecule has 0 aliphatic rings. The zero-order chi connectivity index (χ0) is 18.9. The molecular weight excluding hydrogens is 334 g/mol. The Hall–Kier alpha value is -3.00. The van der Waals surface area contributed by atoms with Crippen molar-refractivity contribution in [3.05, 3.63) is 81.1 Å². The zero-order valence-corrected chi connectivity index (χ0v) is 14.6. The Kier molecular flexibility index (Phi) is 4.60. The fourth-order valence-corrected chi connectivity index (χ4v) is 3.12. The summed E-state index contributed by atoms with van der Waals surface area (Å²) in [5, 5.41) is 10.6. The van der Waals surface area contributed by atoms with E-state index in [0.717, 1.165) is 11.5 Å². The van der Waals surface area contributed by atoms with E-state index in [1.165, 1.54) is 12.1 Å². The number of nitriles is 1. The second-order valence-electron chi connectivity index (χ2n) is 6.61. The number of aryl methyl sites for hydroxylation is 1. The van der Waals surface area contributed by atoms with Crippen LogP contribution in [0.3, 0.4) is 0 Å². The average molecular weight is 352 g/mol. The number of aromatic amines is 1. The number of nitrogens with one attached hydrogen (secondary N) is 1. The number of benzene rings is 2. The second-order valence-corrected chi connectivity index (χ2v) is 6.61. The van der Waals surface area contributed by atoms with Crippen LogP contribution in [0.25, 0.3) is 10.9 Å². The Balaban J connectivity index is 2.08. The molecule has 0 bridgehead atoms. The van der Waals surface area contributed by atoms with Crippen LogP contribution in [0.4, 0.5) is 8.78 Å². The van der Waals surface area contributed by atoms with Gasteiger partial charge in [-0.1, -0.05) is 31.2 Å². The summed E-state index contributed by atoms with van der Waals surface area (Å²) in [6.45, 7) is 3.59. The number of halogens is 2. The Morgan fingerprint density at radius 2 is 1.92 bits per heavy atom. The standard InChI is InChI=1S/C21H18F2N2O/c1-3-13-9-14-7-8-16(10-18(14)25-20(13)26)21(2,12-24)11-15-5-4-6-17(22)19(15)23/h4-10H,3,11H2,1-2H3,(H,25,26). The van der Waals surface area contributed by atoms with E-state index < -0.39 is 17.0 Å². The van der Waals surface area contributed by atoms with Gasteiger partial charge in [0.25, 0.3) is 5.56 Å². The van der Waals surface area contributed by atoms with Crippen molar-refractivity contribution in [2.24, 2.45) is 0 Å². The van der Waals surface area contributed by atoms with Gasteiger partial charge in [0.1, 0.15) is 0 Å². The summed E-state index contributed by atoms with van der Waals surface area (Å²) in [5.41, 5.74) is 0.858. The monoisotopic (exact) mass is 352 g/mol. The molecule has 0 saturated carbocycles. The van der Waals surface area contributed by atoms with Gasteiger partial charge in [-0.25, -0.2) is 8.78 Å². The molecule has 1 N–H and O–H groups in total. The van der Waals surface area contributed by atoms with Gasteiger partial charge in [-0.05, 0) is 54.5 Å². The Bertz CT molecular complexity index is 1080. The van der Waals surface area contributed by atoms with Gasteiger partial charge in [0.15, 0.2) is 11.6 Å². The number of aromatic nitrogens is 1. The van der Waals surface area contributed by atoms with E-state index in [-0.39, 0.29) is 17.5 Å². The molecule has 0 fully saturated rings. The SMILES string of the molecule is CCc1cc2ccc(C(C)(C#N)Cc3cccc(F)c3F)cc2[nH]c1=O. The molecule has 3 rings (SSSR count). The Labute approximate surface area is 149 Å². The molecular formula is C21H18F2N2O. The molecule has 0 radical (unpaired) electrons. The van der Waals surface area contributed by atoms with Crippen LogP contribution in [0.5, 0.6) is 0 Å². The maximum Gasteiger partial charge on any atom is 0.251 e. The number of hydrogen-bond acceptors (Lipinski definition) is 2. The lowest BCUT2D eigenvalue weighted by Crippen LogP contribution is -2.24. The number of fused-ring (bicyclic) bond motifs is 1. The third kappa shape index (κ3) is 3.11. The number of H-pyrrole nitrogens is 1. The summed E-state index contributed by atoms with van der Waals surface area (Å²) in [6.07, 6.45) is 0.650.